The maximum Gasteiger partial charge on any atom is 0.137 e. The number of fused-ring (bicyclic) bond motifs is 1. The summed E-state index contributed by atoms with van der Waals surface area (Å²) in [6.45, 7) is 8.64. The van der Waals surface area contributed by atoms with E-state index in [4.69, 9.17) is 4.98 Å². The molecule has 1 aliphatic heterocycles. The topological polar surface area (TPSA) is 23.8 Å². The molecule has 4 nitrogen and oxygen atoms in total. The Bertz CT molecular complexity index is 782. The zero-order valence-corrected chi connectivity index (χ0v) is 14.2. The lowest BCUT2D eigenvalue weighted by atomic mass is 10.1. The van der Waals surface area contributed by atoms with Crippen LogP contribution in [0.5, 0.6) is 0 Å². The van der Waals surface area contributed by atoms with Gasteiger partial charge in [0.2, 0.25) is 0 Å². The van der Waals surface area contributed by atoms with Gasteiger partial charge in [-0.25, -0.2) is 4.98 Å². The van der Waals surface area contributed by atoms with Crippen LogP contribution in [0.15, 0.2) is 54.9 Å². The van der Waals surface area contributed by atoms with Crippen LogP contribution in [0.1, 0.15) is 16.8 Å². The number of hydrogen-bond acceptors (Lipinski definition) is 3. The molecular formula is C20H24N4. The third kappa shape index (κ3) is 3.50. The van der Waals surface area contributed by atoms with Crippen molar-refractivity contribution in [2.45, 2.75) is 20.0 Å². The largest absolute Gasteiger partial charge is 0.307 e. The molecule has 0 bridgehead atoms. The van der Waals surface area contributed by atoms with Crippen molar-refractivity contribution < 1.29 is 0 Å². The Morgan fingerprint density at radius 3 is 2.46 bits per heavy atom. The molecule has 0 spiro atoms. The smallest absolute Gasteiger partial charge is 0.137 e. The monoisotopic (exact) mass is 320 g/mol. The fourth-order valence-electron chi connectivity index (χ4n) is 3.47. The number of piperazine rings is 1. The third-order valence-corrected chi connectivity index (χ3v) is 4.75. The van der Waals surface area contributed by atoms with Gasteiger partial charge in [-0.15, -0.1) is 0 Å². The molecule has 1 fully saturated rings. The van der Waals surface area contributed by atoms with Crippen molar-refractivity contribution in [3.63, 3.8) is 0 Å². The third-order valence-electron chi connectivity index (χ3n) is 4.75. The summed E-state index contributed by atoms with van der Waals surface area (Å²) in [6.07, 6.45) is 4.21. The second kappa shape index (κ2) is 6.75. The van der Waals surface area contributed by atoms with Crippen LogP contribution in [0.25, 0.3) is 5.65 Å². The first kappa shape index (κ1) is 15.4. The van der Waals surface area contributed by atoms with Gasteiger partial charge in [-0.05, 0) is 24.6 Å². The fourth-order valence-corrected chi connectivity index (χ4v) is 3.47. The summed E-state index contributed by atoms with van der Waals surface area (Å²) in [4.78, 5) is 9.77. The zero-order chi connectivity index (χ0) is 16.4. The SMILES string of the molecule is Cc1cccc(CN2CCN(Cc3cn4ccccc4n3)CC2)c1. The van der Waals surface area contributed by atoms with Crippen LogP contribution in [-0.2, 0) is 13.1 Å². The number of nitrogens with zero attached hydrogens (tertiary/aromatic N) is 4. The average Bonchev–Trinajstić information content (AvgIpc) is 2.99. The Morgan fingerprint density at radius 2 is 1.71 bits per heavy atom. The van der Waals surface area contributed by atoms with Crippen molar-refractivity contribution >= 4 is 5.65 Å². The molecule has 0 N–H and O–H groups in total. The first-order valence-corrected chi connectivity index (χ1v) is 8.69. The number of imidazole rings is 1. The van der Waals surface area contributed by atoms with Crippen molar-refractivity contribution in [2.75, 3.05) is 26.2 Å². The van der Waals surface area contributed by atoms with Gasteiger partial charge in [0.1, 0.15) is 5.65 Å². The van der Waals surface area contributed by atoms with E-state index < -0.39 is 0 Å². The molecule has 0 aliphatic carbocycles. The van der Waals surface area contributed by atoms with Crippen LogP contribution in [0.4, 0.5) is 0 Å². The fraction of sp³-hybridized carbons (Fsp3) is 0.350. The lowest BCUT2D eigenvalue weighted by Crippen LogP contribution is -2.45. The maximum absolute atomic E-state index is 4.71. The standard InChI is InChI=1S/C20H24N4/c1-17-5-4-6-18(13-17)14-22-9-11-23(12-10-22)15-19-16-24-8-3-2-7-20(24)21-19/h2-8,13,16H,9-12,14-15H2,1H3. The predicted molar refractivity (Wildman–Crippen MR) is 96.9 cm³/mol. The quantitative estimate of drug-likeness (QED) is 0.738. The summed E-state index contributed by atoms with van der Waals surface area (Å²) in [6, 6.07) is 15.0. The molecule has 1 saturated heterocycles. The first-order valence-electron chi connectivity index (χ1n) is 8.69. The molecule has 2 aromatic heterocycles. The zero-order valence-electron chi connectivity index (χ0n) is 14.2. The van der Waals surface area contributed by atoms with Crippen molar-refractivity contribution in [1.29, 1.82) is 0 Å². The highest BCUT2D eigenvalue weighted by atomic mass is 15.3. The van der Waals surface area contributed by atoms with Gasteiger partial charge in [0.25, 0.3) is 0 Å². The molecule has 3 heterocycles. The lowest BCUT2D eigenvalue weighted by molar-refractivity contribution is 0.121. The minimum Gasteiger partial charge on any atom is -0.307 e. The molecule has 3 aromatic rings. The van der Waals surface area contributed by atoms with Crippen molar-refractivity contribution in [3.8, 4) is 0 Å². The molecule has 0 amide bonds. The second-order valence-corrected chi connectivity index (χ2v) is 6.74. The van der Waals surface area contributed by atoms with Gasteiger partial charge in [0, 0.05) is 51.7 Å². The summed E-state index contributed by atoms with van der Waals surface area (Å²) in [7, 11) is 0. The van der Waals surface area contributed by atoms with Crippen LogP contribution in [0, 0.1) is 6.92 Å². The Hall–Kier alpha value is -2.17. The van der Waals surface area contributed by atoms with Gasteiger partial charge in [0.15, 0.2) is 0 Å². The van der Waals surface area contributed by atoms with E-state index in [1.165, 1.54) is 11.1 Å². The molecule has 4 rings (SSSR count). The van der Waals surface area contributed by atoms with Crippen LogP contribution in [0.3, 0.4) is 0 Å². The summed E-state index contributed by atoms with van der Waals surface area (Å²) in [5, 5.41) is 0. The van der Waals surface area contributed by atoms with E-state index in [1.54, 1.807) is 0 Å². The minimum atomic E-state index is 0.944. The van der Waals surface area contributed by atoms with Gasteiger partial charge in [-0.1, -0.05) is 35.9 Å². The van der Waals surface area contributed by atoms with Gasteiger partial charge in [0.05, 0.1) is 5.69 Å². The Morgan fingerprint density at radius 1 is 0.917 bits per heavy atom. The summed E-state index contributed by atoms with van der Waals surface area (Å²) in [5.74, 6) is 0. The van der Waals surface area contributed by atoms with E-state index in [2.05, 4.69) is 63.8 Å². The normalized spacial score (nSPS) is 16.7. The maximum atomic E-state index is 4.71. The summed E-state index contributed by atoms with van der Waals surface area (Å²) < 4.78 is 2.10. The highest BCUT2D eigenvalue weighted by molar-refractivity contribution is 5.39. The Kier molecular flexibility index (Phi) is 4.32. The van der Waals surface area contributed by atoms with Crippen molar-refractivity contribution in [1.82, 2.24) is 19.2 Å². The molecule has 0 saturated carbocycles. The van der Waals surface area contributed by atoms with Crippen LogP contribution < -0.4 is 0 Å². The Balaban J connectivity index is 1.32. The van der Waals surface area contributed by atoms with E-state index in [0.717, 1.165) is 50.6 Å². The van der Waals surface area contributed by atoms with E-state index in [0.29, 0.717) is 0 Å². The van der Waals surface area contributed by atoms with Gasteiger partial charge in [-0.3, -0.25) is 9.80 Å². The number of hydrogen-bond donors (Lipinski definition) is 0. The highest BCUT2D eigenvalue weighted by Gasteiger charge is 2.18. The Labute approximate surface area is 143 Å². The van der Waals surface area contributed by atoms with E-state index in [9.17, 15) is 0 Å². The highest BCUT2D eigenvalue weighted by Crippen LogP contribution is 2.13. The molecular weight excluding hydrogens is 296 g/mol. The summed E-state index contributed by atoms with van der Waals surface area (Å²) in [5.41, 5.74) is 4.96. The van der Waals surface area contributed by atoms with E-state index >= 15 is 0 Å². The molecule has 0 atom stereocenters. The lowest BCUT2D eigenvalue weighted by Gasteiger charge is -2.34. The van der Waals surface area contributed by atoms with E-state index in [-0.39, 0.29) is 0 Å². The first-order chi connectivity index (χ1) is 11.8. The number of pyridine rings is 1. The molecule has 1 aliphatic rings. The number of aromatic nitrogens is 2. The molecule has 1 aromatic carbocycles. The number of aryl methyl sites for hydroxylation is 1. The molecule has 24 heavy (non-hydrogen) atoms. The molecule has 124 valence electrons. The molecule has 0 radical (unpaired) electrons. The van der Waals surface area contributed by atoms with Crippen LogP contribution >= 0.6 is 0 Å². The predicted octanol–water partition coefficient (Wildman–Crippen LogP) is 2.96. The summed E-state index contributed by atoms with van der Waals surface area (Å²) >= 11 is 0. The van der Waals surface area contributed by atoms with Crippen LogP contribution in [0.2, 0.25) is 0 Å². The number of rotatable bonds is 4. The van der Waals surface area contributed by atoms with Crippen molar-refractivity contribution in [3.05, 3.63) is 71.7 Å². The van der Waals surface area contributed by atoms with Crippen LogP contribution in [-0.4, -0.2) is 45.4 Å². The van der Waals surface area contributed by atoms with E-state index in [1.807, 2.05) is 12.1 Å². The van der Waals surface area contributed by atoms with Gasteiger partial charge in [-0.2, -0.15) is 0 Å². The van der Waals surface area contributed by atoms with Gasteiger partial charge < -0.3 is 4.40 Å². The molecule has 4 heteroatoms. The molecule has 0 unspecified atom stereocenters. The van der Waals surface area contributed by atoms with Gasteiger partial charge >= 0.3 is 0 Å². The number of benzene rings is 1. The second-order valence-electron chi connectivity index (χ2n) is 6.74. The average molecular weight is 320 g/mol. The van der Waals surface area contributed by atoms with Crippen molar-refractivity contribution in [2.24, 2.45) is 0 Å². The minimum absolute atomic E-state index is 0.944.